The van der Waals surface area contributed by atoms with Crippen LogP contribution in [0, 0.1) is 5.41 Å². The minimum absolute atomic E-state index is 0. The number of nitrogen functional groups attached to an aromatic ring is 1. The summed E-state index contributed by atoms with van der Waals surface area (Å²) in [6.07, 6.45) is 4.46. The Hall–Kier alpha value is -1.22. The summed E-state index contributed by atoms with van der Waals surface area (Å²) >= 11 is 0. The fourth-order valence-electron chi connectivity index (χ4n) is 2.51. The average Bonchev–Trinajstić information content (AvgIpc) is 2.32. The van der Waals surface area contributed by atoms with Gasteiger partial charge in [0.1, 0.15) is 0 Å². The standard InChI is InChI=1S/C15H22N2O.ClH/c1-15(2)9-7-11(8-10-15)17-14(18)12-5-3-4-6-13(12)16;/h3-6,11H,7-10,16H2,1-2H3,(H,17,18);1H. The van der Waals surface area contributed by atoms with Gasteiger partial charge >= 0.3 is 0 Å². The Labute approximate surface area is 121 Å². The van der Waals surface area contributed by atoms with Crippen LogP contribution in [0.3, 0.4) is 0 Å². The summed E-state index contributed by atoms with van der Waals surface area (Å²) < 4.78 is 0. The lowest BCUT2D eigenvalue weighted by Crippen LogP contribution is -2.39. The Morgan fingerprint density at radius 2 is 1.84 bits per heavy atom. The number of halogens is 1. The van der Waals surface area contributed by atoms with Crippen molar-refractivity contribution in [1.82, 2.24) is 5.32 Å². The van der Waals surface area contributed by atoms with Crippen molar-refractivity contribution in [1.29, 1.82) is 0 Å². The lowest BCUT2D eigenvalue weighted by molar-refractivity contribution is 0.0910. The van der Waals surface area contributed by atoms with Gasteiger partial charge < -0.3 is 11.1 Å². The quantitative estimate of drug-likeness (QED) is 0.817. The first-order valence-corrected chi connectivity index (χ1v) is 6.63. The van der Waals surface area contributed by atoms with E-state index in [1.165, 1.54) is 12.8 Å². The van der Waals surface area contributed by atoms with Crippen molar-refractivity contribution in [2.24, 2.45) is 5.41 Å². The van der Waals surface area contributed by atoms with Gasteiger partial charge in [0.2, 0.25) is 0 Å². The molecule has 1 aromatic rings. The Balaban J connectivity index is 0.00000180. The van der Waals surface area contributed by atoms with Crippen LogP contribution in [0.2, 0.25) is 0 Å². The van der Waals surface area contributed by atoms with Gasteiger partial charge in [0, 0.05) is 11.7 Å². The molecule has 3 N–H and O–H groups in total. The molecule has 106 valence electrons. The van der Waals surface area contributed by atoms with E-state index >= 15 is 0 Å². The third-order valence-corrected chi connectivity index (χ3v) is 3.88. The summed E-state index contributed by atoms with van der Waals surface area (Å²) in [5.74, 6) is -0.0437. The summed E-state index contributed by atoms with van der Waals surface area (Å²) in [4.78, 5) is 12.1. The van der Waals surface area contributed by atoms with Crippen LogP contribution >= 0.6 is 12.4 Å². The normalized spacial score (nSPS) is 18.4. The maximum atomic E-state index is 12.1. The van der Waals surface area contributed by atoms with Crippen LogP contribution in [0.4, 0.5) is 5.69 Å². The molecule has 1 saturated carbocycles. The van der Waals surface area contributed by atoms with Gasteiger partial charge in [-0.05, 0) is 43.2 Å². The number of anilines is 1. The van der Waals surface area contributed by atoms with Crippen LogP contribution in [0.25, 0.3) is 0 Å². The Morgan fingerprint density at radius 3 is 2.42 bits per heavy atom. The topological polar surface area (TPSA) is 55.1 Å². The predicted molar refractivity (Wildman–Crippen MR) is 81.6 cm³/mol. The molecule has 0 spiro atoms. The van der Waals surface area contributed by atoms with Crippen molar-refractivity contribution in [3.63, 3.8) is 0 Å². The number of hydrogen-bond acceptors (Lipinski definition) is 2. The monoisotopic (exact) mass is 282 g/mol. The highest BCUT2D eigenvalue weighted by Gasteiger charge is 2.27. The van der Waals surface area contributed by atoms with Crippen LogP contribution in [0.5, 0.6) is 0 Å². The van der Waals surface area contributed by atoms with E-state index in [0.29, 0.717) is 22.7 Å². The van der Waals surface area contributed by atoms with E-state index < -0.39 is 0 Å². The molecule has 0 atom stereocenters. The molecule has 4 heteroatoms. The molecule has 0 heterocycles. The molecule has 3 nitrogen and oxygen atoms in total. The minimum atomic E-state index is -0.0437. The number of hydrogen-bond donors (Lipinski definition) is 2. The minimum Gasteiger partial charge on any atom is -0.398 e. The van der Waals surface area contributed by atoms with Crippen LogP contribution in [-0.2, 0) is 0 Å². The van der Waals surface area contributed by atoms with Crippen LogP contribution in [-0.4, -0.2) is 11.9 Å². The van der Waals surface area contributed by atoms with Gasteiger partial charge in [0.05, 0.1) is 5.56 Å². The molecule has 0 aromatic heterocycles. The van der Waals surface area contributed by atoms with Crippen molar-refractivity contribution in [2.75, 3.05) is 5.73 Å². The van der Waals surface area contributed by atoms with Crippen molar-refractivity contribution >= 4 is 24.0 Å². The number of nitrogens with one attached hydrogen (secondary N) is 1. The second kappa shape index (κ2) is 6.29. The summed E-state index contributed by atoms with van der Waals surface area (Å²) in [6, 6.07) is 7.52. The van der Waals surface area contributed by atoms with Crippen LogP contribution in [0.1, 0.15) is 49.9 Å². The highest BCUT2D eigenvalue weighted by molar-refractivity contribution is 5.99. The zero-order valence-corrected chi connectivity index (χ0v) is 12.4. The highest BCUT2D eigenvalue weighted by atomic mass is 35.5. The van der Waals surface area contributed by atoms with Gasteiger partial charge in [-0.3, -0.25) is 4.79 Å². The molecule has 1 aliphatic rings. The highest BCUT2D eigenvalue weighted by Crippen LogP contribution is 2.35. The molecule has 1 aliphatic carbocycles. The molecular weight excluding hydrogens is 260 g/mol. The number of carbonyl (C=O) groups excluding carboxylic acids is 1. The molecule has 19 heavy (non-hydrogen) atoms. The average molecular weight is 283 g/mol. The van der Waals surface area contributed by atoms with E-state index in [2.05, 4.69) is 19.2 Å². The van der Waals surface area contributed by atoms with Gasteiger partial charge in [-0.2, -0.15) is 0 Å². The third-order valence-electron chi connectivity index (χ3n) is 3.88. The van der Waals surface area contributed by atoms with Gasteiger partial charge in [0.15, 0.2) is 0 Å². The smallest absolute Gasteiger partial charge is 0.253 e. The van der Waals surface area contributed by atoms with Gasteiger partial charge in [0.25, 0.3) is 5.91 Å². The van der Waals surface area contributed by atoms with E-state index in [1.807, 2.05) is 12.1 Å². The van der Waals surface area contributed by atoms with Crippen molar-refractivity contribution in [3.05, 3.63) is 29.8 Å². The lowest BCUT2D eigenvalue weighted by atomic mass is 9.75. The van der Waals surface area contributed by atoms with Gasteiger partial charge in [-0.25, -0.2) is 0 Å². The largest absolute Gasteiger partial charge is 0.398 e. The zero-order chi connectivity index (χ0) is 13.2. The van der Waals surface area contributed by atoms with Crippen molar-refractivity contribution < 1.29 is 4.79 Å². The Bertz CT molecular complexity index is 436. The predicted octanol–water partition coefficient (Wildman–Crippen LogP) is 3.39. The molecule has 1 amide bonds. The summed E-state index contributed by atoms with van der Waals surface area (Å²) in [5.41, 5.74) is 7.37. The third kappa shape index (κ3) is 4.13. The summed E-state index contributed by atoms with van der Waals surface area (Å²) in [6.45, 7) is 4.58. The maximum absolute atomic E-state index is 12.1. The molecule has 0 bridgehead atoms. The molecule has 1 fully saturated rings. The fraction of sp³-hybridized carbons (Fsp3) is 0.533. The molecule has 0 saturated heterocycles. The van der Waals surface area contributed by atoms with Gasteiger partial charge in [-0.1, -0.05) is 26.0 Å². The first kappa shape index (κ1) is 15.8. The fourth-order valence-corrected chi connectivity index (χ4v) is 2.51. The van der Waals surface area contributed by atoms with E-state index in [1.54, 1.807) is 12.1 Å². The van der Waals surface area contributed by atoms with E-state index in [9.17, 15) is 4.79 Å². The number of benzene rings is 1. The number of amides is 1. The van der Waals surface area contributed by atoms with Crippen molar-refractivity contribution in [3.8, 4) is 0 Å². The number of para-hydroxylation sites is 1. The van der Waals surface area contributed by atoms with Gasteiger partial charge in [-0.15, -0.1) is 12.4 Å². The second-order valence-electron chi connectivity index (χ2n) is 6.00. The van der Waals surface area contributed by atoms with Crippen LogP contribution in [0.15, 0.2) is 24.3 Å². The molecule has 0 radical (unpaired) electrons. The van der Waals surface area contributed by atoms with Crippen LogP contribution < -0.4 is 11.1 Å². The molecule has 1 aromatic carbocycles. The number of rotatable bonds is 2. The lowest BCUT2D eigenvalue weighted by Gasteiger charge is -2.34. The second-order valence-corrected chi connectivity index (χ2v) is 6.00. The van der Waals surface area contributed by atoms with E-state index in [0.717, 1.165) is 12.8 Å². The molecular formula is C15H23ClN2O. The van der Waals surface area contributed by atoms with E-state index in [4.69, 9.17) is 5.73 Å². The number of carbonyl (C=O) groups is 1. The summed E-state index contributed by atoms with van der Waals surface area (Å²) in [7, 11) is 0. The Morgan fingerprint density at radius 1 is 1.26 bits per heavy atom. The molecule has 0 unspecified atom stereocenters. The van der Waals surface area contributed by atoms with E-state index in [-0.39, 0.29) is 18.3 Å². The zero-order valence-electron chi connectivity index (χ0n) is 11.6. The number of nitrogens with two attached hydrogens (primary N) is 1. The molecule has 2 rings (SSSR count). The first-order chi connectivity index (χ1) is 8.48. The first-order valence-electron chi connectivity index (χ1n) is 6.63. The Kier molecular flexibility index (Phi) is 5.24. The molecule has 0 aliphatic heterocycles. The summed E-state index contributed by atoms with van der Waals surface area (Å²) in [5, 5.41) is 3.09. The van der Waals surface area contributed by atoms with Crippen molar-refractivity contribution in [2.45, 2.75) is 45.6 Å². The SMILES string of the molecule is CC1(C)CCC(NC(=O)c2ccccc2N)CC1.Cl. The maximum Gasteiger partial charge on any atom is 0.253 e.